The van der Waals surface area contributed by atoms with Gasteiger partial charge in [-0.15, -0.1) is 11.3 Å². The van der Waals surface area contributed by atoms with Crippen LogP contribution in [0, 0.1) is 5.92 Å². The highest BCUT2D eigenvalue weighted by Crippen LogP contribution is 2.27. The van der Waals surface area contributed by atoms with Gasteiger partial charge in [0.15, 0.2) is 0 Å². The van der Waals surface area contributed by atoms with Crippen LogP contribution in [-0.4, -0.2) is 41.1 Å². The molecule has 1 fully saturated rings. The van der Waals surface area contributed by atoms with Crippen molar-refractivity contribution in [2.24, 2.45) is 5.92 Å². The van der Waals surface area contributed by atoms with Gasteiger partial charge in [0.2, 0.25) is 0 Å². The van der Waals surface area contributed by atoms with E-state index in [-0.39, 0.29) is 5.92 Å². The molecule has 1 aliphatic rings. The van der Waals surface area contributed by atoms with Crippen LogP contribution < -0.4 is 0 Å². The molecule has 0 saturated carbocycles. The summed E-state index contributed by atoms with van der Waals surface area (Å²) in [7, 11) is 2.14. The fourth-order valence-corrected chi connectivity index (χ4v) is 3.37. The summed E-state index contributed by atoms with van der Waals surface area (Å²) in [5, 5.41) is 12.0. The predicted octanol–water partition coefficient (Wildman–Crippen LogP) is 2.22. The molecule has 0 amide bonds. The molecule has 0 radical (unpaired) electrons. The van der Waals surface area contributed by atoms with Gasteiger partial charge in [0, 0.05) is 24.3 Å². The molecule has 2 rings (SSSR count). The molecular weight excluding hydrogens is 248 g/mol. The van der Waals surface area contributed by atoms with E-state index in [2.05, 4.69) is 22.3 Å². The standard InChI is InChI=1S/C13H20N2O2S/c1-9(13(16)17)6-12-14-11(8-18-12)10-4-3-5-15(2)7-10/h8-10H,3-7H2,1-2H3,(H,16,17). The Morgan fingerprint density at radius 3 is 3.17 bits per heavy atom. The first kappa shape index (κ1) is 13.5. The van der Waals surface area contributed by atoms with Gasteiger partial charge < -0.3 is 10.0 Å². The topological polar surface area (TPSA) is 53.4 Å². The molecule has 1 aliphatic heterocycles. The van der Waals surface area contributed by atoms with Gasteiger partial charge in [0.05, 0.1) is 16.6 Å². The second-order valence-corrected chi connectivity index (χ2v) is 6.15. The van der Waals surface area contributed by atoms with Crippen molar-refractivity contribution in [3.8, 4) is 0 Å². The third-order valence-electron chi connectivity index (χ3n) is 3.51. The van der Waals surface area contributed by atoms with E-state index in [1.807, 2.05) is 0 Å². The lowest BCUT2D eigenvalue weighted by molar-refractivity contribution is -0.141. The lowest BCUT2D eigenvalue weighted by Crippen LogP contribution is -2.30. The van der Waals surface area contributed by atoms with E-state index in [4.69, 9.17) is 5.11 Å². The Kier molecular flexibility index (Phi) is 4.35. The summed E-state index contributed by atoms with van der Waals surface area (Å²) >= 11 is 1.60. The van der Waals surface area contributed by atoms with Crippen LogP contribution in [0.5, 0.6) is 0 Å². The number of carboxylic acid groups (broad SMARTS) is 1. The van der Waals surface area contributed by atoms with Crippen molar-refractivity contribution < 1.29 is 9.90 Å². The monoisotopic (exact) mass is 268 g/mol. The normalized spacial score (nSPS) is 22.9. The van der Waals surface area contributed by atoms with Gasteiger partial charge in [-0.1, -0.05) is 6.92 Å². The van der Waals surface area contributed by atoms with Crippen LogP contribution in [0.15, 0.2) is 5.38 Å². The van der Waals surface area contributed by atoms with Crippen LogP contribution >= 0.6 is 11.3 Å². The number of likely N-dealkylation sites (N-methyl/N-ethyl adjacent to an activating group) is 1. The second kappa shape index (κ2) is 5.80. The van der Waals surface area contributed by atoms with E-state index in [0.717, 1.165) is 17.2 Å². The summed E-state index contributed by atoms with van der Waals surface area (Å²) in [6.45, 7) is 3.97. The third-order valence-corrected chi connectivity index (χ3v) is 4.40. The van der Waals surface area contributed by atoms with Gasteiger partial charge in [-0.2, -0.15) is 0 Å². The second-order valence-electron chi connectivity index (χ2n) is 5.21. The maximum Gasteiger partial charge on any atom is 0.306 e. The lowest BCUT2D eigenvalue weighted by atomic mass is 9.96. The molecule has 2 heterocycles. The smallest absolute Gasteiger partial charge is 0.306 e. The minimum Gasteiger partial charge on any atom is -0.481 e. The average Bonchev–Trinajstić information content (AvgIpc) is 2.77. The van der Waals surface area contributed by atoms with Crippen molar-refractivity contribution >= 4 is 17.3 Å². The van der Waals surface area contributed by atoms with Gasteiger partial charge in [-0.3, -0.25) is 4.79 Å². The molecule has 2 atom stereocenters. The van der Waals surface area contributed by atoms with Gasteiger partial charge in [0.25, 0.3) is 0 Å². The summed E-state index contributed by atoms with van der Waals surface area (Å²) in [5.41, 5.74) is 1.15. The van der Waals surface area contributed by atoms with Crippen LogP contribution in [0.1, 0.15) is 36.4 Å². The number of rotatable bonds is 4. The predicted molar refractivity (Wildman–Crippen MR) is 72.1 cm³/mol. The molecule has 5 heteroatoms. The number of likely N-dealkylation sites (tertiary alicyclic amines) is 1. The molecular formula is C13H20N2O2S. The molecule has 18 heavy (non-hydrogen) atoms. The highest BCUT2D eigenvalue weighted by Gasteiger charge is 2.22. The average molecular weight is 268 g/mol. The number of carboxylic acids is 1. The first-order chi connectivity index (χ1) is 8.56. The summed E-state index contributed by atoms with van der Waals surface area (Å²) in [5.74, 6) is -0.573. The Balaban J connectivity index is 1.99. The van der Waals surface area contributed by atoms with Crippen molar-refractivity contribution in [2.75, 3.05) is 20.1 Å². The molecule has 0 spiro atoms. The third kappa shape index (κ3) is 3.29. The zero-order valence-electron chi connectivity index (χ0n) is 10.9. The Morgan fingerprint density at radius 2 is 2.50 bits per heavy atom. The highest BCUT2D eigenvalue weighted by atomic mass is 32.1. The van der Waals surface area contributed by atoms with Gasteiger partial charge >= 0.3 is 5.97 Å². The summed E-state index contributed by atoms with van der Waals surface area (Å²) in [6.07, 6.45) is 2.96. The summed E-state index contributed by atoms with van der Waals surface area (Å²) < 4.78 is 0. The Hall–Kier alpha value is -0.940. The largest absolute Gasteiger partial charge is 0.481 e. The SMILES string of the molecule is CC(Cc1nc(C2CCCN(C)C2)cs1)C(=O)O. The number of nitrogens with zero attached hydrogens (tertiary/aromatic N) is 2. The minimum atomic E-state index is -0.746. The Morgan fingerprint density at radius 1 is 1.72 bits per heavy atom. The van der Waals surface area contributed by atoms with Crippen LogP contribution in [0.25, 0.3) is 0 Å². The molecule has 0 aromatic carbocycles. The van der Waals surface area contributed by atoms with E-state index in [1.165, 1.54) is 19.4 Å². The van der Waals surface area contributed by atoms with E-state index in [9.17, 15) is 4.79 Å². The lowest BCUT2D eigenvalue weighted by Gasteiger charge is -2.28. The van der Waals surface area contributed by atoms with E-state index >= 15 is 0 Å². The number of carbonyl (C=O) groups is 1. The Labute approximate surface area is 112 Å². The maximum absolute atomic E-state index is 10.8. The van der Waals surface area contributed by atoms with Gasteiger partial charge in [-0.25, -0.2) is 4.98 Å². The van der Waals surface area contributed by atoms with Crippen molar-refractivity contribution in [1.82, 2.24) is 9.88 Å². The number of piperidine rings is 1. The number of hydrogen-bond acceptors (Lipinski definition) is 4. The van der Waals surface area contributed by atoms with Gasteiger partial charge in [0.1, 0.15) is 0 Å². The summed E-state index contributed by atoms with van der Waals surface area (Å²) in [6, 6.07) is 0. The number of aliphatic carboxylic acids is 1. The van der Waals surface area contributed by atoms with Crippen LogP contribution in [-0.2, 0) is 11.2 Å². The van der Waals surface area contributed by atoms with E-state index in [1.54, 1.807) is 18.3 Å². The zero-order valence-corrected chi connectivity index (χ0v) is 11.7. The summed E-state index contributed by atoms with van der Waals surface area (Å²) in [4.78, 5) is 17.8. The fourth-order valence-electron chi connectivity index (χ4n) is 2.36. The van der Waals surface area contributed by atoms with Crippen molar-refractivity contribution in [3.63, 3.8) is 0 Å². The highest BCUT2D eigenvalue weighted by molar-refractivity contribution is 7.09. The fraction of sp³-hybridized carbons (Fsp3) is 0.692. The number of aromatic nitrogens is 1. The Bertz CT molecular complexity index is 419. The van der Waals surface area contributed by atoms with Crippen LogP contribution in [0.3, 0.4) is 0 Å². The number of hydrogen-bond donors (Lipinski definition) is 1. The molecule has 1 saturated heterocycles. The molecule has 1 aromatic heterocycles. The first-order valence-electron chi connectivity index (χ1n) is 6.42. The molecule has 2 unspecified atom stereocenters. The van der Waals surface area contributed by atoms with Gasteiger partial charge in [-0.05, 0) is 26.4 Å². The molecule has 0 aliphatic carbocycles. The van der Waals surface area contributed by atoms with Crippen molar-refractivity contribution in [2.45, 2.75) is 32.1 Å². The number of thiazole rings is 1. The van der Waals surface area contributed by atoms with Crippen LogP contribution in [0.2, 0.25) is 0 Å². The zero-order chi connectivity index (χ0) is 13.1. The quantitative estimate of drug-likeness (QED) is 0.909. The maximum atomic E-state index is 10.8. The first-order valence-corrected chi connectivity index (χ1v) is 7.30. The van der Waals surface area contributed by atoms with E-state index < -0.39 is 5.97 Å². The molecule has 1 aromatic rings. The molecule has 100 valence electrons. The van der Waals surface area contributed by atoms with Crippen molar-refractivity contribution in [3.05, 3.63) is 16.1 Å². The molecule has 4 nitrogen and oxygen atoms in total. The minimum absolute atomic E-state index is 0.349. The van der Waals surface area contributed by atoms with E-state index in [0.29, 0.717) is 12.3 Å². The molecule has 1 N–H and O–H groups in total. The van der Waals surface area contributed by atoms with Crippen molar-refractivity contribution in [1.29, 1.82) is 0 Å². The van der Waals surface area contributed by atoms with Crippen LogP contribution in [0.4, 0.5) is 0 Å². The molecule has 0 bridgehead atoms.